The molecule has 2 heterocycles. The molecule has 0 spiro atoms. The highest BCUT2D eigenvalue weighted by Gasteiger charge is 2.50. The zero-order valence-electron chi connectivity index (χ0n) is 23.3. The first-order valence-electron chi connectivity index (χ1n) is 14.2. The van der Waals surface area contributed by atoms with E-state index < -0.39 is 55.3 Å². The molecule has 0 saturated carbocycles. The number of benzene rings is 2. The van der Waals surface area contributed by atoms with E-state index in [1.165, 1.54) is 0 Å². The second kappa shape index (κ2) is 14.9. The molecule has 0 radical (unpaired) electrons. The van der Waals surface area contributed by atoms with Crippen molar-refractivity contribution < 1.29 is 59.8 Å². The largest absolute Gasteiger partial charge is 0.508 e. The standard InChI is InChI=1S/C30H42O12/c31-16-30(38)17-40-29(27(30)37)39-15-23-24(34)25(35)26(36)28(42-23)41-22(14-9-19-7-12-21(33)13-8-19)4-2-1-3-18-5-10-20(32)11-6-18/h5-8,10-13,22-29,31-38H,1-4,9,14-17H2. The molecule has 2 fully saturated rings. The Hall–Kier alpha value is -2.36. The molecule has 9 unspecified atom stereocenters. The van der Waals surface area contributed by atoms with Crippen LogP contribution in [0.1, 0.15) is 36.8 Å². The van der Waals surface area contributed by atoms with Crippen molar-refractivity contribution in [1.29, 1.82) is 0 Å². The van der Waals surface area contributed by atoms with Gasteiger partial charge in [0.1, 0.15) is 47.6 Å². The predicted molar refractivity (Wildman–Crippen MR) is 147 cm³/mol. The van der Waals surface area contributed by atoms with Gasteiger partial charge in [0.2, 0.25) is 0 Å². The first-order chi connectivity index (χ1) is 20.1. The van der Waals surface area contributed by atoms with Crippen LogP contribution >= 0.6 is 0 Å². The fourth-order valence-electron chi connectivity index (χ4n) is 5.12. The number of rotatable bonds is 14. The van der Waals surface area contributed by atoms with Crippen LogP contribution in [0.4, 0.5) is 0 Å². The quantitative estimate of drug-likeness (QED) is 0.137. The van der Waals surface area contributed by atoms with Gasteiger partial charge in [-0.15, -0.1) is 0 Å². The average molecular weight is 595 g/mol. The van der Waals surface area contributed by atoms with Crippen molar-refractivity contribution in [1.82, 2.24) is 0 Å². The van der Waals surface area contributed by atoms with Crippen LogP contribution in [0, 0.1) is 0 Å². The summed E-state index contributed by atoms with van der Waals surface area (Å²) in [7, 11) is 0. The van der Waals surface area contributed by atoms with Gasteiger partial charge in [0, 0.05) is 0 Å². The SMILES string of the molecule is OCC1(O)COC(OCC2OC(OC(CCCCc3ccc(O)cc3)CCc3ccc(O)cc3)C(O)C(O)C2O)C1O. The van der Waals surface area contributed by atoms with Gasteiger partial charge in [-0.1, -0.05) is 30.7 Å². The molecule has 4 rings (SSSR count). The average Bonchev–Trinajstić information content (AvgIpc) is 3.28. The molecule has 0 amide bonds. The number of phenols is 2. The van der Waals surface area contributed by atoms with Crippen LogP contribution in [-0.4, -0.2) is 115 Å². The van der Waals surface area contributed by atoms with Gasteiger partial charge < -0.3 is 59.8 Å². The predicted octanol–water partition coefficient (Wildman–Crippen LogP) is 0.0934. The molecule has 0 aliphatic carbocycles. The molecule has 9 atom stereocenters. The Morgan fingerprint density at radius 2 is 1.40 bits per heavy atom. The lowest BCUT2D eigenvalue weighted by Crippen LogP contribution is -2.60. The highest BCUT2D eigenvalue weighted by Crippen LogP contribution is 2.29. The summed E-state index contributed by atoms with van der Waals surface area (Å²) in [5, 5.41) is 80.5. The van der Waals surface area contributed by atoms with E-state index in [-0.39, 0.29) is 30.8 Å². The molecular formula is C30H42O12. The molecule has 2 aromatic carbocycles. The molecule has 2 saturated heterocycles. The number of hydrogen-bond donors (Lipinski definition) is 8. The smallest absolute Gasteiger partial charge is 0.186 e. The first kappa shape index (κ1) is 32.6. The summed E-state index contributed by atoms with van der Waals surface area (Å²) in [6.07, 6.45) is -6.13. The number of ether oxygens (including phenoxy) is 4. The Labute approximate surface area is 244 Å². The summed E-state index contributed by atoms with van der Waals surface area (Å²) >= 11 is 0. The number of unbranched alkanes of at least 4 members (excludes halogenated alkanes) is 1. The molecular weight excluding hydrogens is 552 g/mol. The number of aliphatic hydroxyl groups excluding tert-OH is 5. The summed E-state index contributed by atoms with van der Waals surface area (Å²) in [6, 6.07) is 13.9. The summed E-state index contributed by atoms with van der Waals surface area (Å²) in [5.41, 5.74) is 0.190. The normalized spacial score (nSPS) is 32.2. The van der Waals surface area contributed by atoms with E-state index in [2.05, 4.69) is 0 Å². The molecule has 0 aromatic heterocycles. The first-order valence-corrected chi connectivity index (χ1v) is 14.2. The highest BCUT2D eigenvalue weighted by atomic mass is 16.7. The molecule has 0 bridgehead atoms. The molecule has 12 nitrogen and oxygen atoms in total. The third kappa shape index (κ3) is 8.38. The number of aliphatic hydroxyl groups is 6. The molecule has 234 valence electrons. The third-order valence-electron chi connectivity index (χ3n) is 7.87. The minimum Gasteiger partial charge on any atom is -0.508 e. The maximum Gasteiger partial charge on any atom is 0.186 e. The van der Waals surface area contributed by atoms with Crippen LogP contribution < -0.4 is 0 Å². The molecule has 2 aliphatic rings. The third-order valence-corrected chi connectivity index (χ3v) is 7.87. The van der Waals surface area contributed by atoms with Crippen molar-refractivity contribution >= 4 is 0 Å². The van der Waals surface area contributed by atoms with Gasteiger partial charge in [-0.2, -0.15) is 0 Å². The minimum atomic E-state index is -1.88. The highest BCUT2D eigenvalue weighted by molar-refractivity contribution is 5.26. The van der Waals surface area contributed by atoms with E-state index in [0.717, 1.165) is 30.4 Å². The van der Waals surface area contributed by atoms with Gasteiger partial charge in [0.25, 0.3) is 0 Å². The van der Waals surface area contributed by atoms with Crippen LogP contribution in [0.3, 0.4) is 0 Å². The fourth-order valence-corrected chi connectivity index (χ4v) is 5.12. The molecule has 8 N–H and O–H groups in total. The maximum atomic E-state index is 10.7. The Morgan fingerprint density at radius 3 is 2.00 bits per heavy atom. The van der Waals surface area contributed by atoms with Crippen LogP contribution in [0.15, 0.2) is 48.5 Å². The number of hydrogen-bond acceptors (Lipinski definition) is 12. The van der Waals surface area contributed by atoms with Crippen molar-refractivity contribution in [3.8, 4) is 11.5 Å². The van der Waals surface area contributed by atoms with Crippen LogP contribution in [0.2, 0.25) is 0 Å². The summed E-state index contributed by atoms with van der Waals surface area (Å²) in [6.45, 7) is -1.46. The topological polar surface area (TPSA) is 199 Å². The number of phenolic OH excluding ortho intramolecular Hbond substituents is 2. The fraction of sp³-hybridized carbons (Fsp3) is 0.600. The maximum absolute atomic E-state index is 10.7. The van der Waals surface area contributed by atoms with Crippen LogP contribution in [0.5, 0.6) is 11.5 Å². The van der Waals surface area contributed by atoms with E-state index in [1.807, 2.05) is 24.3 Å². The van der Waals surface area contributed by atoms with Crippen LogP contribution in [-0.2, 0) is 31.8 Å². The monoisotopic (exact) mass is 594 g/mol. The van der Waals surface area contributed by atoms with Gasteiger partial charge >= 0.3 is 0 Å². The Morgan fingerprint density at radius 1 is 0.786 bits per heavy atom. The summed E-state index contributed by atoms with van der Waals surface area (Å²) < 4.78 is 22.7. The molecule has 2 aliphatic heterocycles. The zero-order valence-corrected chi connectivity index (χ0v) is 23.3. The second-order valence-corrected chi connectivity index (χ2v) is 11.1. The molecule has 12 heteroatoms. The lowest BCUT2D eigenvalue weighted by atomic mass is 9.98. The van der Waals surface area contributed by atoms with Gasteiger partial charge in [-0.3, -0.25) is 0 Å². The van der Waals surface area contributed by atoms with Gasteiger partial charge in [0.15, 0.2) is 12.6 Å². The summed E-state index contributed by atoms with van der Waals surface area (Å²) in [5.74, 6) is 0.374. The Kier molecular flexibility index (Phi) is 11.5. The molecule has 2 aromatic rings. The van der Waals surface area contributed by atoms with E-state index in [0.29, 0.717) is 19.3 Å². The van der Waals surface area contributed by atoms with E-state index in [1.54, 1.807) is 24.3 Å². The van der Waals surface area contributed by atoms with Crippen molar-refractivity contribution in [2.24, 2.45) is 0 Å². The van der Waals surface area contributed by atoms with Crippen molar-refractivity contribution in [2.45, 2.75) is 93.3 Å². The van der Waals surface area contributed by atoms with Gasteiger partial charge in [0.05, 0.1) is 25.9 Å². The van der Waals surface area contributed by atoms with Gasteiger partial charge in [-0.05, 0) is 67.5 Å². The minimum absolute atomic E-state index is 0.164. The zero-order chi connectivity index (χ0) is 30.3. The lowest BCUT2D eigenvalue weighted by Gasteiger charge is -2.41. The Balaban J connectivity index is 1.36. The van der Waals surface area contributed by atoms with E-state index in [9.17, 15) is 40.9 Å². The Bertz CT molecular complexity index is 1080. The van der Waals surface area contributed by atoms with E-state index >= 15 is 0 Å². The molecule has 42 heavy (non-hydrogen) atoms. The number of aromatic hydroxyl groups is 2. The second-order valence-electron chi connectivity index (χ2n) is 11.1. The lowest BCUT2D eigenvalue weighted by molar-refractivity contribution is -0.319. The van der Waals surface area contributed by atoms with Crippen molar-refractivity contribution in [2.75, 3.05) is 19.8 Å². The van der Waals surface area contributed by atoms with Crippen LogP contribution in [0.25, 0.3) is 0 Å². The van der Waals surface area contributed by atoms with E-state index in [4.69, 9.17) is 18.9 Å². The van der Waals surface area contributed by atoms with Crippen molar-refractivity contribution in [3.05, 3.63) is 59.7 Å². The van der Waals surface area contributed by atoms with Crippen molar-refractivity contribution in [3.63, 3.8) is 0 Å². The van der Waals surface area contributed by atoms with Gasteiger partial charge in [-0.25, -0.2) is 0 Å². The summed E-state index contributed by atoms with van der Waals surface area (Å²) in [4.78, 5) is 0. The number of aryl methyl sites for hydroxylation is 2.